The first-order valence-corrected chi connectivity index (χ1v) is 12.9. The van der Waals surface area contributed by atoms with Crippen molar-refractivity contribution in [1.29, 1.82) is 5.26 Å². The molecule has 0 radical (unpaired) electrons. The Labute approximate surface area is 203 Å². The molecule has 0 bridgehead atoms. The van der Waals surface area contributed by atoms with Gasteiger partial charge in [0.25, 0.3) is 10.0 Å². The monoisotopic (exact) mass is 496 g/mol. The molecule has 0 atom stereocenters. The molecular weight excluding hydrogens is 472 g/mol. The molecule has 9 nitrogen and oxygen atoms in total. The maximum absolute atomic E-state index is 12.5. The van der Waals surface area contributed by atoms with Crippen LogP contribution in [0, 0.1) is 24.2 Å². The molecule has 0 aliphatic heterocycles. The molecule has 0 saturated heterocycles. The number of nitriles is 1. The van der Waals surface area contributed by atoms with Crippen LogP contribution >= 0.6 is 11.8 Å². The maximum Gasteiger partial charge on any atom is 0.264 e. The topological polar surface area (TPSA) is 138 Å². The van der Waals surface area contributed by atoms with E-state index in [4.69, 9.17) is 0 Å². The van der Waals surface area contributed by atoms with Crippen molar-refractivity contribution in [3.63, 3.8) is 0 Å². The first kappa shape index (κ1) is 25.1. The van der Waals surface area contributed by atoms with E-state index in [9.17, 15) is 18.5 Å². The van der Waals surface area contributed by atoms with Crippen molar-refractivity contribution in [1.82, 2.24) is 15.0 Å². The van der Waals surface area contributed by atoms with E-state index in [0.29, 0.717) is 27.9 Å². The molecule has 0 fully saturated rings. The van der Waals surface area contributed by atoms with Crippen molar-refractivity contribution in [2.75, 3.05) is 15.8 Å². The second-order valence-electron chi connectivity index (χ2n) is 7.85. The average Bonchev–Trinajstić information content (AvgIpc) is 2.77. The van der Waals surface area contributed by atoms with Gasteiger partial charge in [0.1, 0.15) is 11.1 Å². The summed E-state index contributed by atoms with van der Waals surface area (Å²) in [6.45, 7) is 5.90. The van der Waals surface area contributed by atoms with Crippen LogP contribution in [0.25, 0.3) is 0 Å². The number of amides is 1. The van der Waals surface area contributed by atoms with Crippen molar-refractivity contribution in [2.45, 2.75) is 37.1 Å². The lowest BCUT2D eigenvalue weighted by molar-refractivity contribution is -0.113. The summed E-state index contributed by atoms with van der Waals surface area (Å²) in [6.07, 6.45) is 2.25. The van der Waals surface area contributed by atoms with Gasteiger partial charge in [-0.25, -0.2) is 28.1 Å². The van der Waals surface area contributed by atoms with Crippen molar-refractivity contribution in [3.05, 3.63) is 65.6 Å². The molecule has 2 aromatic heterocycles. The number of aryl methyl sites for hydroxylation is 1. The fraction of sp³-hybridized carbons (Fsp3) is 0.261. The first-order chi connectivity index (χ1) is 16.2. The SMILES string of the molecule is Cc1ccnc(NS(=O)(=O)c2ccc(NC(=O)CSc3nc(CC(C)C)ccc3C#N)cc2)n1. The van der Waals surface area contributed by atoms with Gasteiger partial charge in [0.2, 0.25) is 11.9 Å². The molecule has 176 valence electrons. The third-order valence-corrected chi connectivity index (χ3v) is 6.80. The molecule has 1 amide bonds. The van der Waals surface area contributed by atoms with Crippen molar-refractivity contribution < 1.29 is 13.2 Å². The van der Waals surface area contributed by atoms with Gasteiger partial charge in [-0.1, -0.05) is 25.6 Å². The van der Waals surface area contributed by atoms with Crippen molar-refractivity contribution in [2.24, 2.45) is 5.92 Å². The summed E-state index contributed by atoms with van der Waals surface area (Å²) >= 11 is 1.18. The van der Waals surface area contributed by atoms with Gasteiger partial charge in [-0.2, -0.15) is 5.26 Å². The highest BCUT2D eigenvalue weighted by Crippen LogP contribution is 2.22. The highest BCUT2D eigenvalue weighted by Gasteiger charge is 2.16. The molecular formula is C23H24N6O3S2. The number of carbonyl (C=O) groups excluding carboxylic acids is 1. The molecule has 1 aromatic carbocycles. The predicted molar refractivity (Wildman–Crippen MR) is 131 cm³/mol. The average molecular weight is 497 g/mol. The lowest BCUT2D eigenvalue weighted by atomic mass is 10.1. The van der Waals surface area contributed by atoms with Crippen LogP contribution in [0.2, 0.25) is 0 Å². The smallest absolute Gasteiger partial charge is 0.264 e. The van der Waals surface area contributed by atoms with Crippen molar-refractivity contribution >= 4 is 39.3 Å². The molecule has 0 aliphatic carbocycles. The lowest BCUT2D eigenvalue weighted by Gasteiger charge is -2.10. The summed E-state index contributed by atoms with van der Waals surface area (Å²) in [5.41, 5.74) is 2.37. The Morgan fingerprint density at radius 1 is 1.12 bits per heavy atom. The third kappa shape index (κ3) is 7.00. The number of carbonyl (C=O) groups is 1. The van der Waals surface area contributed by atoms with E-state index in [1.807, 2.05) is 6.07 Å². The molecule has 3 aromatic rings. The molecule has 11 heteroatoms. The number of sulfonamides is 1. The molecule has 0 saturated carbocycles. The summed E-state index contributed by atoms with van der Waals surface area (Å²) in [6, 6.07) is 13.1. The van der Waals surface area contributed by atoms with Crippen LogP contribution in [0.5, 0.6) is 0 Å². The van der Waals surface area contributed by atoms with Gasteiger partial charge in [0.15, 0.2) is 0 Å². The van der Waals surface area contributed by atoms with Crippen LogP contribution in [0.4, 0.5) is 11.6 Å². The Hall–Kier alpha value is -3.49. The van der Waals surface area contributed by atoms with Gasteiger partial charge in [-0.3, -0.25) is 4.79 Å². The van der Waals surface area contributed by atoms with E-state index >= 15 is 0 Å². The lowest BCUT2D eigenvalue weighted by Crippen LogP contribution is -2.16. The van der Waals surface area contributed by atoms with Crippen LogP contribution in [-0.2, 0) is 21.2 Å². The van der Waals surface area contributed by atoms with Crippen LogP contribution < -0.4 is 10.0 Å². The summed E-state index contributed by atoms with van der Waals surface area (Å²) in [7, 11) is -3.87. The highest BCUT2D eigenvalue weighted by molar-refractivity contribution is 8.00. The number of pyridine rings is 1. The minimum absolute atomic E-state index is 0.00908. The molecule has 2 heterocycles. The Kier molecular flexibility index (Phi) is 8.20. The first-order valence-electron chi connectivity index (χ1n) is 10.4. The molecule has 34 heavy (non-hydrogen) atoms. The number of nitrogens with one attached hydrogen (secondary N) is 2. The molecule has 2 N–H and O–H groups in total. The van der Waals surface area contributed by atoms with E-state index in [-0.39, 0.29) is 22.5 Å². The summed E-state index contributed by atoms with van der Waals surface area (Å²) in [4.78, 5) is 24.9. The van der Waals surface area contributed by atoms with Crippen molar-refractivity contribution in [3.8, 4) is 6.07 Å². The number of anilines is 2. The number of aromatic nitrogens is 3. The highest BCUT2D eigenvalue weighted by atomic mass is 32.2. The van der Waals surface area contributed by atoms with Gasteiger partial charge in [-0.05, 0) is 61.7 Å². The van der Waals surface area contributed by atoms with Crippen LogP contribution in [0.1, 0.15) is 30.8 Å². The van der Waals surface area contributed by atoms with Gasteiger partial charge in [0.05, 0.1) is 16.2 Å². The second-order valence-corrected chi connectivity index (χ2v) is 10.5. The minimum atomic E-state index is -3.87. The number of thioether (sulfide) groups is 1. The molecule has 0 aliphatic rings. The molecule has 3 rings (SSSR count). The normalized spacial score (nSPS) is 11.1. The number of benzene rings is 1. The summed E-state index contributed by atoms with van der Waals surface area (Å²) < 4.78 is 27.4. The second kappa shape index (κ2) is 11.1. The van der Waals surface area contributed by atoms with Crippen LogP contribution in [0.3, 0.4) is 0 Å². The van der Waals surface area contributed by atoms with E-state index in [1.54, 1.807) is 19.1 Å². The largest absolute Gasteiger partial charge is 0.325 e. The fourth-order valence-corrected chi connectivity index (χ4v) is 4.67. The van der Waals surface area contributed by atoms with E-state index in [2.05, 4.69) is 44.9 Å². The van der Waals surface area contributed by atoms with Gasteiger partial charge >= 0.3 is 0 Å². The summed E-state index contributed by atoms with van der Waals surface area (Å²) in [5.74, 6) is 0.163. The van der Waals surface area contributed by atoms with Crippen LogP contribution in [0.15, 0.2) is 58.6 Å². The third-order valence-electron chi connectivity index (χ3n) is 4.46. The minimum Gasteiger partial charge on any atom is -0.325 e. The number of hydrogen-bond donors (Lipinski definition) is 2. The van der Waals surface area contributed by atoms with E-state index in [1.165, 1.54) is 42.2 Å². The Bertz CT molecular complexity index is 1320. The van der Waals surface area contributed by atoms with E-state index < -0.39 is 10.0 Å². The Balaban J connectivity index is 1.61. The quantitative estimate of drug-likeness (QED) is 0.427. The fourth-order valence-electron chi connectivity index (χ4n) is 2.93. The number of nitrogens with zero attached hydrogens (tertiary/aromatic N) is 4. The molecule has 0 spiro atoms. The number of hydrogen-bond acceptors (Lipinski definition) is 8. The van der Waals surface area contributed by atoms with Gasteiger partial charge in [-0.15, -0.1) is 0 Å². The maximum atomic E-state index is 12.5. The van der Waals surface area contributed by atoms with Crippen LogP contribution in [-0.4, -0.2) is 35.0 Å². The Morgan fingerprint density at radius 2 is 1.85 bits per heavy atom. The zero-order valence-electron chi connectivity index (χ0n) is 18.9. The molecule has 0 unspecified atom stereocenters. The van der Waals surface area contributed by atoms with Gasteiger partial charge in [0, 0.05) is 23.3 Å². The standard InChI is InChI=1S/C23H24N6O3S2/c1-15(2)12-19-5-4-17(13-24)22(28-19)33-14-21(30)27-18-6-8-20(9-7-18)34(31,32)29-23-25-11-10-16(3)26-23/h4-11,15H,12,14H2,1-3H3,(H,27,30)(H,25,26,29). The number of rotatable bonds is 9. The van der Waals surface area contributed by atoms with E-state index in [0.717, 1.165) is 12.1 Å². The zero-order valence-corrected chi connectivity index (χ0v) is 20.6. The Morgan fingerprint density at radius 3 is 2.50 bits per heavy atom. The predicted octanol–water partition coefficient (Wildman–Crippen LogP) is 3.78. The zero-order chi connectivity index (χ0) is 24.7. The van der Waals surface area contributed by atoms with Gasteiger partial charge < -0.3 is 5.32 Å². The summed E-state index contributed by atoms with van der Waals surface area (Å²) in [5, 5.41) is 12.6.